The minimum Gasteiger partial charge on any atom is -0.506 e. The van der Waals surface area contributed by atoms with Crippen LogP contribution in [0, 0.1) is 0 Å². The summed E-state index contributed by atoms with van der Waals surface area (Å²) in [4.78, 5) is 25.8. The first-order chi connectivity index (χ1) is 10.4. The van der Waals surface area contributed by atoms with Crippen molar-refractivity contribution in [2.24, 2.45) is 0 Å². The second-order valence-corrected chi connectivity index (χ2v) is 4.48. The molecular formula is C15H15NO6. The second kappa shape index (κ2) is 5.80. The first kappa shape index (κ1) is 15.4. The van der Waals surface area contributed by atoms with Gasteiger partial charge >= 0.3 is 5.97 Å². The molecule has 0 saturated heterocycles. The average Bonchev–Trinajstić information content (AvgIpc) is 2.63. The van der Waals surface area contributed by atoms with Gasteiger partial charge in [0.05, 0.1) is 19.9 Å². The van der Waals surface area contributed by atoms with Crippen LogP contribution in [0.2, 0.25) is 0 Å². The number of fused-ring (bicyclic) bond motifs is 1. The number of aliphatic hydroxyl groups excluding tert-OH is 2. The van der Waals surface area contributed by atoms with Crippen LogP contribution in [0.25, 0.3) is 5.76 Å². The number of ether oxygens (including phenoxy) is 2. The SMILES string of the molecule is COC(=O)C1=C(O)c2ccccc2N(C)C(=O)/C1=C(/O)OC. The van der Waals surface area contributed by atoms with E-state index in [-0.39, 0.29) is 5.56 Å². The van der Waals surface area contributed by atoms with Crippen LogP contribution in [0.5, 0.6) is 0 Å². The molecule has 1 aliphatic heterocycles. The molecule has 0 aliphatic carbocycles. The number of aliphatic hydroxyl groups is 2. The van der Waals surface area contributed by atoms with Crippen molar-refractivity contribution in [1.82, 2.24) is 0 Å². The summed E-state index contributed by atoms with van der Waals surface area (Å²) in [5.74, 6) is -2.93. The minimum atomic E-state index is -0.963. The number of rotatable bonds is 2. The Hall–Kier alpha value is -2.96. The molecule has 0 spiro atoms. The number of nitrogens with zero attached hydrogens (tertiary/aromatic N) is 1. The lowest BCUT2D eigenvalue weighted by Crippen LogP contribution is -2.30. The Morgan fingerprint density at radius 2 is 1.82 bits per heavy atom. The van der Waals surface area contributed by atoms with Gasteiger partial charge in [-0.1, -0.05) is 12.1 Å². The summed E-state index contributed by atoms with van der Waals surface area (Å²) < 4.78 is 9.28. The number of likely N-dealkylation sites (N-methyl/N-ethyl adjacent to an activating group) is 1. The maximum atomic E-state index is 12.6. The molecule has 116 valence electrons. The highest BCUT2D eigenvalue weighted by Gasteiger charge is 2.37. The predicted molar refractivity (Wildman–Crippen MR) is 78.1 cm³/mol. The van der Waals surface area contributed by atoms with E-state index in [9.17, 15) is 19.8 Å². The minimum absolute atomic E-state index is 0.262. The van der Waals surface area contributed by atoms with Gasteiger partial charge in [0.1, 0.15) is 16.9 Å². The van der Waals surface area contributed by atoms with Crippen LogP contribution in [-0.2, 0) is 19.1 Å². The Balaban J connectivity index is 2.88. The number of esters is 1. The Labute approximate surface area is 126 Å². The Morgan fingerprint density at radius 3 is 2.41 bits per heavy atom. The predicted octanol–water partition coefficient (Wildman–Crippen LogP) is 1.52. The lowest BCUT2D eigenvalue weighted by Gasteiger charge is -2.18. The summed E-state index contributed by atoms with van der Waals surface area (Å²) in [6, 6.07) is 6.47. The van der Waals surface area contributed by atoms with Crippen LogP contribution in [0.4, 0.5) is 5.69 Å². The summed E-state index contributed by atoms with van der Waals surface area (Å²) in [6.45, 7) is 0. The Bertz CT molecular complexity index is 704. The normalized spacial score (nSPS) is 16.9. The molecule has 1 heterocycles. The maximum Gasteiger partial charge on any atom is 0.342 e. The first-order valence-corrected chi connectivity index (χ1v) is 6.30. The van der Waals surface area contributed by atoms with Crippen LogP contribution in [-0.4, -0.2) is 43.4 Å². The topological polar surface area (TPSA) is 96.3 Å². The molecule has 0 aromatic heterocycles. The summed E-state index contributed by atoms with van der Waals surface area (Å²) in [7, 11) is 3.70. The van der Waals surface area contributed by atoms with Crippen molar-refractivity contribution in [3.8, 4) is 0 Å². The van der Waals surface area contributed by atoms with E-state index < -0.39 is 34.7 Å². The number of para-hydroxylation sites is 1. The summed E-state index contributed by atoms with van der Waals surface area (Å²) >= 11 is 0. The van der Waals surface area contributed by atoms with Crippen LogP contribution >= 0.6 is 0 Å². The maximum absolute atomic E-state index is 12.6. The van der Waals surface area contributed by atoms with Gasteiger partial charge in [0.15, 0.2) is 0 Å². The summed E-state index contributed by atoms with van der Waals surface area (Å²) in [5, 5.41) is 20.3. The van der Waals surface area contributed by atoms with Crippen molar-refractivity contribution in [3.05, 3.63) is 46.9 Å². The van der Waals surface area contributed by atoms with E-state index in [1.807, 2.05) is 0 Å². The quantitative estimate of drug-likeness (QED) is 0.488. The summed E-state index contributed by atoms with van der Waals surface area (Å²) in [6.07, 6.45) is 0. The van der Waals surface area contributed by atoms with Gasteiger partial charge < -0.3 is 24.6 Å². The van der Waals surface area contributed by atoms with Gasteiger partial charge in [-0.2, -0.15) is 0 Å². The smallest absolute Gasteiger partial charge is 0.342 e. The van der Waals surface area contributed by atoms with E-state index in [4.69, 9.17) is 0 Å². The molecule has 2 rings (SSSR count). The van der Waals surface area contributed by atoms with Crippen LogP contribution < -0.4 is 4.90 Å². The van der Waals surface area contributed by atoms with Gasteiger partial charge in [0.2, 0.25) is 0 Å². The highest BCUT2D eigenvalue weighted by molar-refractivity contribution is 6.20. The fraction of sp³-hybridized carbons (Fsp3) is 0.200. The lowest BCUT2D eigenvalue weighted by atomic mass is 10.0. The Kier molecular flexibility index (Phi) is 4.07. The molecule has 1 aromatic carbocycles. The van der Waals surface area contributed by atoms with Crippen molar-refractivity contribution in [3.63, 3.8) is 0 Å². The zero-order chi connectivity index (χ0) is 16.4. The first-order valence-electron chi connectivity index (χ1n) is 6.30. The molecule has 0 fully saturated rings. The second-order valence-electron chi connectivity index (χ2n) is 4.48. The van der Waals surface area contributed by atoms with Crippen molar-refractivity contribution in [2.45, 2.75) is 0 Å². The standard InChI is InChI=1S/C15H15NO6/c1-16-9-7-5-4-6-8(9)12(17)10(14(19)21-2)11(13(16)18)15(20)22-3/h4-7,17,20H,1-3H3/b15-11-. The van der Waals surface area contributed by atoms with Crippen LogP contribution in [0.15, 0.2) is 41.4 Å². The molecule has 0 bridgehead atoms. The van der Waals surface area contributed by atoms with Gasteiger partial charge in [0, 0.05) is 12.6 Å². The monoisotopic (exact) mass is 305 g/mol. The summed E-state index contributed by atoms with van der Waals surface area (Å²) in [5.41, 5.74) is -0.280. The largest absolute Gasteiger partial charge is 0.506 e. The fourth-order valence-electron chi connectivity index (χ4n) is 2.20. The molecule has 1 aromatic rings. The zero-order valence-electron chi connectivity index (χ0n) is 12.3. The van der Waals surface area contributed by atoms with Gasteiger partial charge in [-0.05, 0) is 12.1 Å². The number of hydrogen-bond donors (Lipinski definition) is 2. The van der Waals surface area contributed by atoms with Crippen LogP contribution in [0.1, 0.15) is 5.56 Å². The van der Waals surface area contributed by atoms with Gasteiger partial charge in [-0.15, -0.1) is 0 Å². The van der Waals surface area contributed by atoms with Gasteiger partial charge in [-0.25, -0.2) is 4.79 Å². The molecule has 0 atom stereocenters. The van der Waals surface area contributed by atoms with Crippen molar-refractivity contribution < 1.29 is 29.3 Å². The van der Waals surface area contributed by atoms with Crippen LogP contribution in [0.3, 0.4) is 0 Å². The average molecular weight is 305 g/mol. The molecule has 0 unspecified atom stereocenters. The van der Waals surface area contributed by atoms with Crippen molar-refractivity contribution >= 4 is 23.3 Å². The van der Waals surface area contributed by atoms with E-state index >= 15 is 0 Å². The molecule has 2 N–H and O–H groups in total. The van der Waals surface area contributed by atoms with Crippen molar-refractivity contribution in [1.29, 1.82) is 0 Å². The number of methoxy groups -OCH3 is 2. The highest BCUT2D eigenvalue weighted by atomic mass is 16.6. The van der Waals surface area contributed by atoms with E-state index in [1.165, 1.54) is 11.9 Å². The third-order valence-electron chi connectivity index (χ3n) is 3.32. The molecule has 1 aliphatic rings. The highest BCUT2D eigenvalue weighted by Crippen LogP contribution is 2.36. The van der Waals surface area contributed by atoms with E-state index in [0.29, 0.717) is 5.69 Å². The lowest BCUT2D eigenvalue weighted by molar-refractivity contribution is -0.136. The fourth-order valence-corrected chi connectivity index (χ4v) is 2.20. The molecule has 7 heteroatoms. The number of amides is 1. The third-order valence-corrected chi connectivity index (χ3v) is 3.32. The third kappa shape index (κ3) is 2.26. The molecule has 0 radical (unpaired) electrons. The number of benzene rings is 1. The van der Waals surface area contributed by atoms with E-state index in [1.54, 1.807) is 24.3 Å². The molecule has 22 heavy (non-hydrogen) atoms. The van der Waals surface area contributed by atoms with E-state index in [0.717, 1.165) is 14.2 Å². The number of carbonyl (C=O) groups excluding carboxylic acids is 2. The number of carbonyl (C=O) groups is 2. The van der Waals surface area contributed by atoms with Crippen molar-refractivity contribution in [2.75, 3.05) is 26.2 Å². The Morgan fingerprint density at radius 1 is 1.18 bits per heavy atom. The number of anilines is 1. The number of hydrogen-bond acceptors (Lipinski definition) is 6. The van der Waals surface area contributed by atoms with Gasteiger partial charge in [0.25, 0.3) is 11.9 Å². The molecule has 0 saturated carbocycles. The molecular weight excluding hydrogens is 290 g/mol. The molecule has 1 amide bonds. The van der Waals surface area contributed by atoms with Gasteiger partial charge in [-0.3, -0.25) is 4.79 Å². The molecule has 7 nitrogen and oxygen atoms in total. The zero-order valence-corrected chi connectivity index (χ0v) is 12.3. The van der Waals surface area contributed by atoms with E-state index in [2.05, 4.69) is 9.47 Å².